The van der Waals surface area contributed by atoms with Crippen LogP contribution >= 0.6 is 0 Å². The lowest BCUT2D eigenvalue weighted by Gasteiger charge is -2.29. The normalized spacial score (nSPS) is 19.4. The summed E-state index contributed by atoms with van der Waals surface area (Å²) in [6, 6.07) is 7.14. The zero-order valence-electron chi connectivity index (χ0n) is 16.4. The Morgan fingerprint density at radius 3 is 2.33 bits per heavy atom. The molecule has 1 fully saturated rings. The molecule has 4 amide bonds. The van der Waals surface area contributed by atoms with Crippen molar-refractivity contribution in [3.63, 3.8) is 0 Å². The van der Waals surface area contributed by atoms with E-state index in [4.69, 9.17) is 0 Å². The predicted molar refractivity (Wildman–Crippen MR) is 105 cm³/mol. The second-order valence-corrected chi connectivity index (χ2v) is 7.48. The number of carbonyl (C=O) groups is 3. The van der Waals surface area contributed by atoms with Gasteiger partial charge in [0.15, 0.2) is 0 Å². The summed E-state index contributed by atoms with van der Waals surface area (Å²) in [5, 5.41) is 8.01. The molecule has 0 bridgehead atoms. The molecule has 0 heterocycles. The quantitative estimate of drug-likeness (QED) is 0.712. The molecule has 2 unspecified atom stereocenters. The summed E-state index contributed by atoms with van der Waals surface area (Å²) in [4.78, 5) is 37.6. The van der Waals surface area contributed by atoms with E-state index in [2.05, 4.69) is 22.9 Å². The number of nitrogens with one attached hydrogen (secondary N) is 3. The number of anilines is 1. The van der Waals surface area contributed by atoms with Gasteiger partial charge in [-0.3, -0.25) is 19.8 Å². The summed E-state index contributed by atoms with van der Waals surface area (Å²) in [5.41, 5.74) is 1.83. The minimum atomic E-state index is -0.462. The molecule has 0 aromatic heterocycles. The molecule has 1 saturated carbocycles. The average Bonchev–Trinajstić information content (AvgIpc) is 2.58. The van der Waals surface area contributed by atoms with Crippen molar-refractivity contribution < 1.29 is 14.4 Å². The minimum Gasteiger partial charge on any atom is -0.335 e. The lowest BCUT2D eigenvalue weighted by atomic mass is 9.86. The molecular formula is C20H30N4O3. The summed E-state index contributed by atoms with van der Waals surface area (Å²) >= 11 is 0. The Hall–Kier alpha value is -2.41. The maximum absolute atomic E-state index is 12.0. The lowest BCUT2D eigenvalue weighted by molar-refractivity contribution is -0.122. The molecule has 0 spiro atoms. The monoisotopic (exact) mass is 374 g/mol. The highest BCUT2D eigenvalue weighted by Gasteiger charge is 2.23. The first-order valence-electron chi connectivity index (χ1n) is 9.49. The first kappa shape index (κ1) is 20.9. The third-order valence-corrected chi connectivity index (χ3v) is 4.84. The van der Waals surface area contributed by atoms with Gasteiger partial charge in [0.2, 0.25) is 11.8 Å². The van der Waals surface area contributed by atoms with Crippen LogP contribution in [0.5, 0.6) is 0 Å². The highest BCUT2D eigenvalue weighted by atomic mass is 16.2. The van der Waals surface area contributed by atoms with Gasteiger partial charge in [0.1, 0.15) is 0 Å². The molecule has 7 heteroatoms. The van der Waals surface area contributed by atoms with Gasteiger partial charge < -0.3 is 10.6 Å². The van der Waals surface area contributed by atoms with Gasteiger partial charge in [-0.1, -0.05) is 37.5 Å². The lowest BCUT2D eigenvalue weighted by Crippen LogP contribution is -2.50. The molecule has 0 aliphatic heterocycles. The van der Waals surface area contributed by atoms with Crippen molar-refractivity contribution in [1.29, 1.82) is 0 Å². The Morgan fingerprint density at radius 2 is 1.67 bits per heavy atom. The van der Waals surface area contributed by atoms with Gasteiger partial charge in [0.05, 0.1) is 13.1 Å². The van der Waals surface area contributed by atoms with E-state index in [0.717, 1.165) is 24.8 Å². The van der Waals surface area contributed by atoms with Crippen LogP contribution in [-0.2, 0) is 9.59 Å². The number of amides is 4. The zero-order valence-corrected chi connectivity index (χ0v) is 16.4. The van der Waals surface area contributed by atoms with Crippen molar-refractivity contribution in [2.24, 2.45) is 5.92 Å². The molecule has 1 aromatic rings. The number of aryl methyl sites for hydroxylation is 1. The number of nitrogens with zero attached hydrogens (tertiary/aromatic N) is 1. The van der Waals surface area contributed by atoms with E-state index in [9.17, 15) is 14.4 Å². The van der Waals surface area contributed by atoms with Crippen LogP contribution in [-0.4, -0.2) is 48.9 Å². The molecule has 7 nitrogen and oxygen atoms in total. The van der Waals surface area contributed by atoms with Crippen molar-refractivity contribution in [3.05, 3.63) is 29.8 Å². The Labute approximate surface area is 160 Å². The van der Waals surface area contributed by atoms with Gasteiger partial charge in [-0.15, -0.1) is 0 Å². The fourth-order valence-electron chi connectivity index (χ4n) is 3.28. The van der Waals surface area contributed by atoms with Crippen LogP contribution in [0.3, 0.4) is 0 Å². The van der Waals surface area contributed by atoms with Gasteiger partial charge in [0, 0.05) is 11.7 Å². The summed E-state index contributed by atoms with van der Waals surface area (Å²) < 4.78 is 0. The Morgan fingerprint density at radius 1 is 1.04 bits per heavy atom. The molecule has 2 atom stereocenters. The van der Waals surface area contributed by atoms with E-state index in [-0.39, 0.29) is 25.0 Å². The maximum atomic E-state index is 12.0. The second kappa shape index (κ2) is 10.1. The first-order chi connectivity index (χ1) is 12.8. The van der Waals surface area contributed by atoms with Crippen LogP contribution in [0.4, 0.5) is 10.5 Å². The SMILES string of the molecule is Cc1ccc(NC(=O)CN(C)CC(=O)NC(=O)NC2CCCCC2C)cc1. The fourth-order valence-corrected chi connectivity index (χ4v) is 3.28. The topological polar surface area (TPSA) is 90.5 Å². The average molecular weight is 374 g/mol. The first-order valence-corrected chi connectivity index (χ1v) is 9.49. The van der Waals surface area contributed by atoms with E-state index in [0.29, 0.717) is 11.6 Å². The molecule has 0 radical (unpaired) electrons. The van der Waals surface area contributed by atoms with Crippen molar-refractivity contribution in [1.82, 2.24) is 15.5 Å². The number of benzene rings is 1. The smallest absolute Gasteiger partial charge is 0.321 e. The third kappa shape index (κ3) is 7.38. The largest absolute Gasteiger partial charge is 0.335 e. The van der Waals surface area contributed by atoms with Crippen LogP contribution in [0, 0.1) is 12.8 Å². The molecule has 2 rings (SSSR count). The number of rotatable bonds is 6. The number of likely N-dealkylation sites (N-methyl/N-ethyl adjacent to an activating group) is 1. The van der Waals surface area contributed by atoms with E-state index in [1.54, 1.807) is 11.9 Å². The number of urea groups is 1. The molecule has 1 aliphatic rings. The molecular weight excluding hydrogens is 344 g/mol. The van der Waals surface area contributed by atoms with Gasteiger partial charge in [-0.25, -0.2) is 4.79 Å². The van der Waals surface area contributed by atoms with Crippen molar-refractivity contribution in [2.45, 2.75) is 45.6 Å². The van der Waals surface area contributed by atoms with Gasteiger partial charge in [-0.05, 0) is 44.9 Å². The van der Waals surface area contributed by atoms with E-state index in [1.165, 1.54) is 6.42 Å². The number of hydrogen-bond donors (Lipinski definition) is 3. The van der Waals surface area contributed by atoms with Gasteiger partial charge in [0.25, 0.3) is 0 Å². The standard InChI is InChI=1S/C20H30N4O3/c1-14-8-10-16(11-9-14)21-18(25)12-24(3)13-19(26)23-20(27)22-17-7-5-4-6-15(17)2/h8-11,15,17H,4-7,12-13H2,1-3H3,(H,21,25)(H2,22,23,26,27). The van der Waals surface area contributed by atoms with Crippen LogP contribution in [0.15, 0.2) is 24.3 Å². The summed E-state index contributed by atoms with van der Waals surface area (Å²) in [6.07, 6.45) is 4.33. The number of imide groups is 1. The molecule has 3 N–H and O–H groups in total. The summed E-state index contributed by atoms with van der Waals surface area (Å²) in [6.45, 7) is 4.12. The Balaban J connectivity index is 1.70. The van der Waals surface area contributed by atoms with Crippen LogP contribution < -0.4 is 16.0 Å². The molecule has 148 valence electrons. The van der Waals surface area contributed by atoms with Crippen LogP contribution in [0.2, 0.25) is 0 Å². The van der Waals surface area contributed by atoms with E-state index >= 15 is 0 Å². The van der Waals surface area contributed by atoms with Crippen LogP contribution in [0.25, 0.3) is 0 Å². The third-order valence-electron chi connectivity index (χ3n) is 4.84. The molecule has 1 aliphatic carbocycles. The fraction of sp³-hybridized carbons (Fsp3) is 0.550. The van der Waals surface area contributed by atoms with Gasteiger partial charge in [-0.2, -0.15) is 0 Å². The number of carbonyl (C=O) groups excluding carboxylic acids is 3. The highest BCUT2D eigenvalue weighted by Crippen LogP contribution is 2.23. The van der Waals surface area contributed by atoms with Crippen molar-refractivity contribution in [3.8, 4) is 0 Å². The molecule has 27 heavy (non-hydrogen) atoms. The van der Waals surface area contributed by atoms with Crippen molar-refractivity contribution >= 4 is 23.5 Å². The van der Waals surface area contributed by atoms with Crippen LogP contribution in [0.1, 0.15) is 38.2 Å². The Bertz CT molecular complexity index is 660. The van der Waals surface area contributed by atoms with E-state index < -0.39 is 11.9 Å². The van der Waals surface area contributed by atoms with Gasteiger partial charge >= 0.3 is 6.03 Å². The predicted octanol–water partition coefficient (Wildman–Crippen LogP) is 2.27. The molecule has 0 saturated heterocycles. The highest BCUT2D eigenvalue weighted by molar-refractivity contribution is 5.96. The minimum absolute atomic E-state index is 0.0328. The molecule has 1 aromatic carbocycles. The van der Waals surface area contributed by atoms with Crippen molar-refractivity contribution in [2.75, 3.05) is 25.5 Å². The second-order valence-electron chi connectivity index (χ2n) is 7.48. The Kier molecular flexibility index (Phi) is 7.79. The summed E-state index contributed by atoms with van der Waals surface area (Å²) in [5.74, 6) is -0.219. The maximum Gasteiger partial charge on any atom is 0.321 e. The number of hydrogen-bond acceptors (Lipinski definition) is 4. The summed E-state index contributed by atoms with van der Waals surface area (Å²) in [7, 11) is 1.66. The van der Waals surface area contributed by atoms with E-state index in [1.807, 2.05) is 31.2 Å². The zero-order chi connectivity index (χ0) is 19.8.